The van der Waals surface area contributed by atoms with E-state index in [2.05, 4.69) is 34.3 Å². The number of benzene rings is 2. The first kappa shape index (κ1) is 16.8. The summed E-state index contributed by atoms with van der Waals surface area (Å²) in [4.78, 5) is 6.79. The van der Waals surface area contributed by atoms with Crippen molar-refractivity contribution < 1.29 is 0 Å². The molecular weight excluding hydrogens is 334 g/mol. The average Bonchev–Trinajstić information content (AvgIpc) is 3.36. The van der Waals surface area contributed by atoms with Crippen LogP contribution in [0.2, 0.25) is 0 Å². The lowest BCUT2D eigenvalue weighted by molar-refractivity contribution is 0.824. The second-order valence-electron chi connectivity index (χ2n) is 6.44. The Bertz CT molecular complexity index is 1030. The van der Waals surface area contributed by atoms with Crippen molar-refractivity contribution in [2.75, 3.05) is 19.0 Å². The maximum atomic E-state index is 4.71. The summed E-state index contributed by atoms with van der Waals surface area (Å²) in [7, 11) is 4.06. The van der Waals surface area contributed by atoms with Crippen LogP contribution in [0.1, 0.15) is 5.56 Å². The fourth-order valence-electron chi connectivity index (χ4n) is 2.90. The van der Waals surface area contributed by atoms with Gasteiger partial charge in [-0.2, -0.15) is 5.10 Å². The minimum absolute atomic E-state index is 0.812. The van der Waals surface area contributed by atoms with Gasteiger partial charge in [0.25, 0.3) is 0 Å². The van der Waals surface area contributed by atoms with Crippen LogP contribution in [0, 0.1) is 0 Å². The molecule has 0 unspecified atom stereocenters. The molecular formula is C22H21N5. The van der Waals surface area contributed by atoms with Crippen LogP contribution in [0.25, 0.3) is 11.5 Å². The highest BCUT2D eigenvalue weighted by molar-refractivity contribution is 5.83. The van der Waals surface area contributed by atoms with E-state index in [0.29, 0.717) is 0 Å². The van der Waals surface area contributed by atoms with Gasteiger partial charge < -0.3 is 9.47 Å². The molecule has 0 atom stereocenters. The van der Waals surface area contributed by atoms with E-state index >= 15 is 0 Å². The molecule has 0 aliphatic heterocycles. The lowest BCUT2D eigenvalue weighted by atomic mass is 10.2. The molecule has 5 heteroatoms. The Morgan fingerprint density at radius 1 is 0.889 bits per heavy atom. The molecule has 0 radical (unpaired) electrons. The SMILES string of the molecule is CN(C)c1ccc(C=Nc2cnn(-c3ccccc3)c2-n2cccc2)cc1. The molecule has 2 aromatic heterocycles. The minimum Gasteiger partial charge on any atom is -0.378 e. The fraction of sp³-hybridized carbons (Fsp3) is 0.0909. The number of anilines is 1. The van der Waals surface area contributed by atoms with E-state index in [1.165, 1.54) is 0 Å². The topological polar surface area (TPSA) is 38.4 Å². The van der Waals surface area contributed by atoms with Crippen molar-refractivity contribution in [3.8, 4) is 11.5 Å². The van der Waals surface area contributed by atoms with E-state index in [0.717, 1.165) is 28.4 Å². The monoisotopic (exact) mass is 355 g/mol. The van der Waals surface area contributed by atoms with Gasteiger partial charge in [0.15, 0.2) is 5.82 Å². The smallest absolute Gasteiger partial charge is 0.166 e. The zero-order valence-corrected chi connectivity index (χ0v) is 15.4. The summed E-state index contributed by atoms with van der Waals surface area (Å²) in [5.41, 5.74) is 4.02. The van der Waals surface area contributed by atoms with Crippen molar-refractivity contribution in [3.63, 3.8) is 0 Å². The van der Waals surface area contributed by atoms with Crippen molar-refractivity contribution in [2.45, 2.75) is 0 Å². The maximum Gasteiger partial charge on any atom is 0.166 e. The van der Waals surface area contributed by atoms with E-state index in [-0.39, 0.29) is 0 Å². The normalized spacial score (nSPS) is 11.2. The van der Waals surface area contributed by atoms with Gasteiger partial charge in [0.1, 0.15) is 5.69 Å². The molecule has 4 aromatic rings. The summed E-state index contributed by atoms with van der Waals surface area (Å²) in [6.07, 6.45) is 7.68. The molecule has 0 saturated carbocycles. The number of aromatic nitrogens is 3. The highest BCUT2D eigenvalue weighted by Crippen LogP contribution is 2.26. The van der Waals surface area contributed by atoms with E-state index in [4.69, 9.17) is 4.99 Å². The fourth-order valence-corrected chi connectivity index (χ4v) is 2.90. The van der Waals surface area contributed by atoms with Gasteiger partial charge in [-0.25, -0.2) is 4.68 Å². The first-order valence-corrected chi connectivity index (χ1v) is 8.80. The standard InChI is InChI=1S/C22H21N5/c1-25(2)19-12-10-18(11-13-19)16-23-21-17-24-27(20-8-4-3-5-9-20)22(21)26-14-6-7-15-26/h3-17H,1-2H3. The summed E-state index contributed by atoms with van der Waals surface area (Å²) in [5.74, 6) is 0.910. The molecule has 2 heterocycles. The van der Waals surface area contributed by atoms with Crippen molar-refractivity contribution in [1.29, 1.82) is 0 Å². The summed E-state index contributed by atoms with van der Waals surface area (Å²) in [6, 6.07) is 22.4. The van der Waals surface area contributed by atoms with Gasteiger partial charge in [-0.05, 0) is 42.0 Å². The average molecular weight is 355 g/mol. The van der Waals surface area contributed by atoms with Gasteiger partial charge in [-0.3, -0.25) is 4.99 Å². The van der Waals surface area contributed by atoms with Crippen LogP contribution in [0.3, 0.4) is 0 Å². The minimum atomic E-state index is 0.812. The number of para-hydroxylation sites is 1. The van der Waals surface area contributed by atoms with Crippen molar-refractivity contribution in [2.24, 2.45) is 4.99 Å². The van der Waals surface area contributed by atoms with Crippen molar-refractivity contribution in [1.82, 2.24) is 14.3 Å². The van der Waals surface area contributed by atoms with Crippen LogP contribution in [0.5, 0.6) is 0 Å². The third-order valence-electron chi connectivity index (χ3n) is 4.34. The molecule has 0 fully saturated rings. The summed E-state index contributed by atoms with van der Waals surface area (Å²) < 4.78 is 3.93. The molecule has 2 aromatic carbocycles. The summed E-state index contributed by atoms with van der Waals surface area (Å²) >= 11 is 0. The van der Waals surface area contributed by atoms with E-state index < -0.39 is 0 Å². The van der Waals surface area contributed by atoms with Crippen LogP contribution in [0.15, 0.2) is 90.3 Å². The van der Waals surface area contributed by atoms with Crippen LogP contribution < -0.4 is 4.90 Å². The maximum absolute atomic E-state index is 4.71. The van der Waals surface area contributed by atoms with Crippen molar-refractivity contribution >= 4 is 17.6 Å². The van der Waals surface area contributed by atoms with Crippen LogP contribution in [-0.4, -0.2) is 34.7 Å². The first-order chi connectivity index (χ1) is 13.2. The molecule has 0 bridgehead atoms. The molecule has 0 aliphatic carbocycles. The molecule has 5 nitrogen and oxygen atoms in total. The van der Waals surface area contributed by atoms with Gasteiger partial charge in [-0.1, -0.05) is 30.3 Å². The number of nitrogens with zero attached hydrogens (tertiary/aromatic N) is 5. The number of hydrogen-bond donors (Lipinski definition) is 0. The Balaban J connectivity index is 1.72. The van der Waals surface area contributed by atoms with Gasteiger partial charge >= 0.3 is 0 Å². The molecule has 0 saturated heterocycles. The van der Waals surface area contributed by atoms with Gasteiger partial charge in [-0.15, -0.1) is 0 Å². The number of rotatable bonds is 5. The zero-order chi connectivity index (χ0) is 18.6. The highest BCUT2D eigenvalue weighted by atomic mass is 15.3. The lowest BCUT2D eigenvalue weighted by Gasteiger charge is -2.11. The van der Waals surface area contributed by atoms with E-state index in [1.807, 2.05) is 84.4 Å². The molecule has 4 rings (SSSR count). The predicted molar refractivity (Wildman–Crippen MR) is 111 cm³/mol. The largest absolute Gasteiger partial charge is 0.378 e. The second kappa shape index (κ2) is 7.33. The van der Waals surface area contributed by atoms with Crippen LogP contribution in [0.4, 0.5) is 11.4 Å². The van der Waals surface area contributed by atoms with Crippen LogP contribution >= 0.6 is 0 Å². The van der Waals surface area contributed by atoms with E-state index in [9.17, 15) is 0 Å². The molecule has 27 heavy (non-hydrogen) atoms. The third kappa shape index (κ3) is 3.53. The molecule has 0 aliphatic rings. The van der Waals surface area contributed by atoms with Crippen molar-refractivity contribution in [3.05, 3.63) is 90.9 Å². The molecule has 0 spiro atoms. The molecule has 0 amide bonds. The van der Waals surface area contributed by atoms with E-state index in [1.54, 1.807) is 6.20 Å². The quantitative estimate of drug-likeness (QED) is 0.495. The second-order valence-corrected chi connectivity index (χ2v) is 6.44. The van der Waals surface area contributed by atoms with Gasteiger partial charge in [0.2, 0.25) is 0 Å². The third-order valence-corrected chi connectivity index (χ3v) is 4.34. The molecule has 134 valence electrons. The first-order valence-electron chi connectivity index (χ1n) is 8.80. The predicted octanol–water partition coefficient (Wildman–Crippen LogP) is 4.48. The Morgan fingerprint density at radius 3 is 2.26 bits per heavy atom. The van der Waals surface area contributed by atoms with Gasteiger partial charge in [0.05, 0.1) is 11.9 Å². The number of hydrogen-bond acceptors (Lipinski definition) is 3. The van der Waals surface area contributed by atoms with Crippen LogP contribution in [-0.2, 0) is 0 Å². The molecule has 0 N–H and O–H groups in total. The highest BCUT2D eigenvalue weighted by Gasteiger charge is 2.13. The zero-order valence-electron chi connectivity index (χ0n) is 15.4. The summed E-state index contributed by atoms with van der Waals surface area (Å²) in [6.45, 7) is 0. The number of aliphatic imine (C=N–C) groups is 1. The Hall–Kier alpha value is -3.60. The van der Waals surface area contributed by atoms with Gasteiger partial charge in [0, 0.05) is 38.4 Å². The Morgan fingerprint density at radius 2 is 1.59 bits per heavy atom. The Labute approximate surface area is 158 Å². The Kier molecular flexibility index (Phi) is 4.58. The lowest BCUT2D eigenvalue weighted by Crippen LogP contribution is -2.08. The summed E-state index contributed by atoms with van der Waals surface area (Å²) in [5, 5.41) is 4.57.